The van der Waals surface area contributed by atoms with E-state index in [0.29, 0.717) is 47.4 Å². The molecule has 0 aromatic heterocycles. The number of ketones is 1. The van der Waals surface area contributed by atoms with Crippen molar-refractivity contribution in [3.63, 3.8) is 0 Å². The predicted octanol–water partition coefficient (Wildman–Crippen LogP) is 5.29. The fraction of sp³-hybridized carbons (Fsp3) is 0.267. The first-order valence-electron chi connectivity index (χ1n) is 12.3. The van der Waals surface area contributed by atoms with Crippen LogP contribution in [0.5, 0.6) is 17.2 Å². The first-order valence-corrected chi connectivity index (χ1v) is 12.3. The zero-order chi connectivity index (χ0) is 26.1. The van der Waals surface area contributed by atoms with Crippen LogP contribution >= 0.6 is 0 Å². The Morgan fingerprint density at radius 3 is 2.57 bits per heavy atom. The van der Waals surface area contributed by atoms with Gasteiger partial charge in [0, 0.05) is 17.7 Å². The fourth-order valence-corrected chi connectivity index (χ4v) is 4.68. The van der Waals surface area contributed by atoms with E-state index >= 15 is 0 Å². The summed E-state index contributed by atoms with van der Waals surface area (Å²) in [5.74, 6) is 0.706. The topological polar surface area (TPSA) is 85.3 Å². The summed E-state index contributed by atoms with van der Waals surface area (Å²) in [6, 6.07) is 18.7. The Kier molecular flexibility index (Phi) is 6.61. The fourth-order valence-electron chi connectivity index (χ4n) is 4.68. The van der Waals surface area contributed by atoms with Gasteiger partial charge in [0.25, 0.3) is 11.7 Å². The third kappa shape index (κ3) is 4.65. The molecule has 7 heteroatoms. The quantitative estimate of drug-likeness (QED) is 0.270. The van der Waals surface area contributed by atoms with Crippen molar-refractivity contribution in [3.05, 3.63) is 89.0 Å². The molecule has 2 aliphatic heterocycles. The molecule has 0 bridgehead atoms. The Hall–Kier alpha value is -4.26. The highest BCUT2D eigenvalue weighted by Crippen LogP contribution is 2.43. The van der Waals surface area contributed by atoms with E-state index in [9.17, 15) is 14.7 Å². The highest BCUT2D eigenvalue weighted by Gasteiger charge is 2.47. The standard InChI is InChI=1S/C30H29NO6/c1-18(2)17-37-23-10-8-22(9-11-23)31-27(20-5-4-6-24(16-20)35-3)26(29(33)30(31)34)28(32)21-7-12-25-19(15-21)13-14-36-25/h4-12,15-16,18,27,32H,13-14,17H2,1-3H3/b28-26-. The van der Waals surface area contributed by atoms with Crippen molar-refractivity contribution in [1.29, 1.82) is 0 Å². The Labute approximate surface area is 215 Å². The van der Waals surface area contributed by atoms with Crippen LogP contribution in [0.25, 0.3) is 5.76 Å². The molecule has 0 aliphatic carbocycles. The van der Waals surface area contributed by atoms with Crippen molar-refractivity contribution < 1.29 is 28.9 Å². The summed E-state index contributed by atoms with van der Waals surface area (Å²) in [5, 5.41) is 11.4. The van der Waals surface area contributed by atoms with Crippen LogP contribution < -0.4 is 19.1 Å². The lowest BCUT2D eigenvalue weighted by Gasteiger charge is -2.26. The van der Waals surface area contributed by atoms with Gasteiger partial charge in [0.15, 0.2) is 0 Å². The second-order valence-electron chi connectivity index (χ2n) is 9.57. The SMILES string of the molecule is COc1cccc(C2/C(=C(/O)c3ccc4c(c3)CCO4)C(=O)C(=O)N2c2ccc(OCC(C)C)cc2)c1. The van der Waals surface area contributed by atoms with Crippen LogP contribution in [0.3, 0.4) is 0 Å². The van der Waals surface area contributed by atoms with Gasteiger partial charge in [-0.25, -0.2) is 0 Å². The number of hydrogen-bond acceptors (Lipinski definition) is 6. The average Bonchev–Trinajstić information content (AvgIpc) is 3.49. The second-order valence-corrected chi connectivity index (χ2v) is 9.57. The maximum Gasteiger partial charge on any atom is 0.300 e. The zero-order valence-corrected chi connectivity index (χ0v) is 21.1. The molecule has 1 N–H and O–H groups in total. The maximum absolute atomic E-state index is 13.4. The number of fused-ring (bicyclic) bond motifs is 1. The zero-order valence-electron chi connectivity index (χ0n) is 21.1. The Bertz CT molecular complexity index is 1380. The first-order chi connectivity index (χ1) is 17.9. The number of hydrogen-bond donors (Lipinski definition) is 1. The van der Waals surface area contributed by atoms with Crippen molar-refractivity contribution >= 4 is 23.1 Å². The largest absolute Gasteiger partial charge is 0.507 e. The molecule has 1 amide bonds. The van der Waals surface area contributed by atoms with E-state index in [4.69, 9.17) is 14.2 Å². The molecule has 3 aromatic rings. The van der Waals surface area contributed by atoms with Crippen LogP contribution in [0.1, 0.15) is 36.6 Å². The number of carbonyl (C=O) groups excluding carboxylic acids is 2. The van der Waals surface area contributed by atoms with Gasteiger partial charge in [-0.2, -0.15) is 0 Å². The van der Waals surface area contributed by atoms with Crippen LogP contribution in [-0.4, -0.2) is 37.1 Å². The molecule has 1 unspecified atom stereocenters. The van der Waals surface area contributed by atoms with Crippen molar-refractivity contribution in [2.75, 3.05) is 25.2 Å². The van der Waals surface area contributed by atoms with Gasteiger partial charge in [-0.3, -0.25) is 14.5 Å². The highest BCUT2D eigenvalue weighted by atomic mass is 16.5. The molecule has 2 aliphatic rings. The molecule has 7 nitrogen and oxygen atoms in total. The molecule has 5 rings (SSSR count). The lowest BCUT2D eigenvalue weighted by atomic mass is 9.94. The van der Waals surface area contributed by atoms with Gasteiger partial charge in [-0.05, 0) is 71.6 Å². The van der Waals surface area contributed by atoms with Crippen LogP contribution in [-0.2, 0) is 16.0 Å². The lowest BCUT2D eigenvalue weighted by Crippen LogP contribution is -2.29. The molecule has 3 aromatic carbocycles. The molecule has 2 heterocycles. The van der Waals surface area contributed by atoms with Crippen molar-refractivity contribution in [2.24, 2.45) is 5.92 Å². The maximum atomic E-state index is 13.4. The molecule has 1 saturated heterocycles. The number of anilines is 1. The summed E-state index contributed by atoms with van der Waals surface area (Å²) in [5.41, 5.74) is 2.61. The monoisotopic (exact) mass is 499 g/mol. The average molecular weight is 500 g/mol. The van der Waals surface area contributed by atoms with Crippen molar-refractivity contribution in [1.82, 2.24) is 0 Å². The molecule has 1 fully saturated rings. The van der Waals surface area contributed by atoms with Crippen LogP contribution in [0, 0.1) is 5.92 Å². The number of rotatable bonds is 7. The molecule has 0 saturated carbocycles. The minimum Gasteiger partial charge on any atom is -0.507 e. The summed E-state index contributed by atoms with van der Waals surface area (Å²) < 4.78 is 16.8. The van der Waals surface area contributed by atoms with Gasteiger partial charge in [-0.1, -0.05) is 26.0 Å². The normalized spacial score (nSPS) is 18.2. The van der Waals surface area contributed by atoms with Gasteiger partial charge in [-0.15, -0.1) is 0 Å². The first kappa shape index (κ1) is 24.4. The number of amides is 1. The van der Waals surface area contributed by atoms with Crippen LogP contribution in [0.4, 0.5) is 5.69 Å². The third-order valence-electron chi connectivity index (χ3n) is 6.52. The van der Waals surface area contributed by atoms with Crippen LogP contribution in [0.15, 0.2) is 72.3 Å². The Balaban J connectivity index is 1.61. The van der Waals surface area contributed by atoms with E-state index in [1.165, 1.54) is 4.90 Å². The minimum absolute atomic E-state index is 0.0252. The molecular weight excluding hydrogens is 470 g/mol. The number of ether oxygens (including phenoxy) is 3. The number of carbonyl (C=O) groups is 2. The van der Waals surface area contributed by atoms with E-state index in [-0.39, 0.29) is 11.3 Å². The van der Waals surface area contributed by atoms with Gasteiger partial charge < -0.3 is 19.3 Å². The van der Waals surface area contributed by atoms with E-state index in [1.54, 1.807) is 61.7 Å². The van der Waals surface area contributed by atoms with Gasteiger partial charge >= 0.3 is 0 Å². The number of aliphatic hydroxyl groups excluding tert-OH is 1. The lowest BCUT2D eigenvalue weighted by molar-refractivity contribution is -0.132. The van der Waals surface area contributed by atoms with Crippen LogP contribution in [0.2, 0.25) is 0 Å². The Morgan fingerprint density at radius 2 is 1.84 bits per heavy atom. The number of methoxy groups -OCH3 is 1. The number of nitrogens with zero attached hydrogens (tertiary/aromatic N) is 1. The molecule has 0 spiro atoms. The van der Waals surface area contributed by atoms with Gasteiger partial charge in [0.2, 0.25) is 0 Å². The minimum atomic E-state index is -0.845. The number of benzene rings is 3. The van der Waals surface area contributed by atoms with E-state index in [2.05, 4.69) is 13.8 Å². The summed E-state index contributed by atoms with van der Waals surface area (Å²) in [4.78, 5) is 28.3. The summed E-state index contributed by atoms with van der Waals surface area (Å²) in [6.45, 7) is 5.27. The summed E-state index contributed by atoms with van der Waals surface area (Å²) >= 11 is 0. The number of aliphatic hydroxyl groups is 1. The molecule has 1 atom stereocenters. The van der Waals surface area contributed by atoms with Crippen molar-refractivity contribution in [3.8, 4) is 17.2 Å². The Morgan fingerprint density at radius 1 is 1.05 bits per heavy atom. The molecule has 190 valence electrons. The number of Topliss-reactive ketones (excluding diaryl/α,β-unsaturated/α-hetero) is 1. The van der Waals surface area contributed by atoms with Crippen molar-refractivity contribution in [2.45, 2.75) is 26.3 Å². The third-order valence-corrected chi connectivity index (χ3v) is 6.52. The second kappa shape index (κ2) is 10.0. The van der Waals surface area contributed by atoms with E-state index in [0.717, 1.165) is 17.7 Å². The molecular formula is C30H29NO6. The molecule has 0 radical (unpaired) electrons. The smallest absolute Gasteiger partial charge is 0.300 e. The predicted molar refractivity (Wildman–Crippen MR) is 140 cm³/mol. The summed E-state index contributed by atoms with van der Waals surface area (Å²) in [7, 11) is 1.55. The van der Waals surface area contributed by atoms with E-state index in [1.807, 2.05) is 12.1 Å². The summed E-state index contributed by atoms with van der Waals surface area (Å²) in [6.07, 6.45) is 0.718. The van der Waals surface area contributed by atoms with Gasteiger partial charge in [0.05, 0.1) is 31.9 Å². The molecule has 37 heavy (non-hydrogen) atoms. The highest BCUT2D eigenvalue weighted by molar-refractivity contribution is 6.51. The van der Waals surface area contributed by atoms with Gasteiger partial charge in [0.1, 0.15) is 23.0 Å². The van der Waals surface area contributed by atoms with E-state index < -0.39 is 17.7 Å².